The zero-order valence-corrected chi connectivity index (χ0v) is 42.8. The number of anilines is 8. The maximum atomic E-state index is 2.53. The highest BCUT2D eigenvalue weighted by Gasteiger charge is 2.39. The van der Waals surface area contributed by atoms with Crippen molar-refractivity contribution < 1.29 is 0 Å². The number of para-hydroxylation sites is 2. The summed E-state index contributed by atoms with van der Waals surface area (Å²) < 4.78 is 2.41. The van der Waals surface area contributed by atoms with Gasteiger partial charge < -0.3 is 19.3 Å². The first-order chi connectivity index (χ1) is 38.7. The lowest BCUT2D eigenvalue weighted by Gasteiger charge is -2.31. The van der Waals surface area contributed by atoms with Crippen molar-refractivity contribution in [2.24, 2.45) is 0 Å². The van der Waals surface area contributed by atoms with Crippen molar-refractivity contribution in [2.45, 2.75) is 12.0 Å². The molecule has 0 N–H and O–H groups in total. The summed E-state index contributed by atoms with van der Waals surface area (Å²) in [5.74, 6) is 0.120. The minimum Gasteiger partial charge on any atom is -0.333 e. The number of hydrogen-bond donors (Lipinski definition) is 0. The minimum atomic E-state index is 0.120. The van der Waals surface area contributed by atoms with Gasteiger partial charge in [-0.05, 0) is 142 Å². The van der Waals surface area contributed by atoms with Gasteiger partial charge in [-0.15, -0.1) is 0 Å². The fourth-order valence-electron chi connectivity index (χ4n) is 12.5. The Balaban J connectivity index is 0.940. The Kier molecular flexibility index (Phi) is 11.0. The van der Waals surface area contributed by atoms with Crippen molar-refractivity contribution in [3.05, 3.63) is 314 Å². The first kappa shape index (κ1) is 45.3. The van der Waals surface area contributed by atoms with Gasteiger partial charge in [0.15, 0.2) is 0 Å². The molecular weight excluding hydrogens is 945 g/mol. The van der Waals surface area contributed by atoms with E-state index in [9.17, 15) is 0 Å². The van der Waals surface area contributed by atoms with Crippen LogP contribution in [-0.4, -0.2) is 10.6 Å². The van der Waals surface area contributed by atoms with Gasteiger partial charge in [-0.25, -0.2) is 0 Å². The fourth-order valence-corrected chi connectivity index (χ4v) is 12.5. The second-order valence-electron chi connectivity index (χ2n) is 20.5. The van der Waals surface area contributed by atoms with Crippen LogP contribution in [0.3, 0.4) is 0 Å². The van der Waals surface area contributed by atoms with E-state index < -0.39 is 0 Å². The molecule has 0 spiro atoms. The van der Waals surface area contributed by atoms with E-state index in [0.717, 1.165) is 45.3 Å². The lowest BCUT2D eigenvalue weighted by molar-refractivity contribution is 0.747. The fraction of sp³-hybridized carbons (Fsp3) is 0.0270. The predicted octanol–water partition coefficient (Wildman–Crippen LogP) is 20.0. The van der Waals surface area contributed by atoms with E-state index in [2.05, 4.69) is 323 Å². The van der Waals surface area contributed by atoms with Gasteiger partial charge in [0.05, 0.1) is 28.5 Å². The molecule has 1 aliphatic heterocycles. The van der Waals surface area contributed by atoms with Crippen LogP contribution >= 0.6 is 0 Å². The average molecular weight is 997 g/mol. The third kappa shape index (κ3) is 7.68. The molecule has 4 heteroatoms. The molecule has 0 saturated heterocycles. The molecule has 2 unspecified atom stereocenters. The van der Waals surface area contributed by atoms with E-state index in [4.69, 9.17) is 0 Å². The molecule has 15 rings (SSSR count). The number of benzene rings is 12. The van der Waals surface area contributed by atoms with Crippen LogP contribution in [0.5, 0.6) is 0 Å². The van der Waals surface area contributed by atoms with Crippen LogP contribution in [0.2, 0.25) is 0 Å². The largest absolute Gasteiger partial charge is 0.333 e. The van der Waals surface area contributed by atoms with E-state index in [1.54, 1.807) is 0 Å². The number of allylic oxidation sites excluding steroid dienone is 2. The van der Waals surface area contributed by atoms with Crippen molar-refractivity contribution in [1.82, 2.24) is 4.57 Å². The van der Waals surface area contributed by atoms with E-state index in [0.29, 0.717) is 0 Å². The summed E-state index contributed by atoms with van der Waals surface area (Å²) >= 11 is 0. The molecule has 1 aromatic heterocycles. The number of rotatable bonds is 10. The van der Waals surface area contributed by atoms with E-state index in [1.807, 2.05) is 0 Å². The van der Waals surface area contributed by atoms with Crippen LogP contribution < -0.4 is 14.7 Å². The Hall–Kier alpha value is -10.2. The molecule has 0 bridgehead atoms. The quantitative estimate of drug-likeness (QED) is 0.136. The maximum absolute atomic E-state index is 2.53. The van der Waals surface area contributed by atoms with Crippen molar-refractivity contribution in [3.63, 3.8) is 0 Å². The number of nitrogens with zero attached hydrogens (tertiary/aromatic N) is 4. The van der Waals surface area contributed by atoms with Gasteiger partial charge >= 0.3 is 0 Å². The number of aromatic nitrogens is 1. The summed E-state index contributed by atoms with van der Waals surface area (Å²) in [6, 6.07) is 104. The lowest BCUT2D eigenvalue weighted by atomic mass is 9.86. The van der Waals surface area contributed by atoms with E-state index in [1.165, 1.54) is 77.0 Å². The summed E-state index contributed by atoms with van der Waals surface area (Å²) in [7, 11) is 0. The second kappa shape index (κ2) is 18.9. The highest BCUT2D eigenvalue weighted by Crippen LogP contribution is 2.52. The summed E-state index contributed by atoms with van der Waals surface area (Å²) in [5.41, 5.74) is 18.5. The molecule has 0 saturated carbocycles. The third-order valence-electron chi connectivity index (χ3n) is 16.0. The van der Waals surface area contributed by atoms with Gasteiger partial charge in [-0.1, -0.05) is 200 Å². The molecule has 4 nitrogen and oxygen atoms in total. The van der Waals surface area contributed by atoms with Gasteiger partial charge in [0.1, 0.15) is 0 Å². The lowest BCUT2D eigenvalue weighted by Crippen LogP contribution is -2.28. The molecule has 78 heavy (non-hydrogen) atoms. The Morgan fingerprint density at radius 2 is 0.833 bits per heavy atom. The van der Waals surface area contributed by atoms with Gasteiger partial charge in [-0.3, -0.25) is 0 Å². The molecule has 2 atom stereocenters. The summed E-state index contributed by atoms with van der Waals surface area (Å²) in [5, 5.41) is 7.13. The van der Waals surface area contributed by atoms with Crippen molar-refractivity contribution in [1.29, 1.82) is 0 Å². The van der Waals surface area contributed by atoms with Gasteiger partial charge in [0.25, 0.3) is 0 Å². The summed E-state index contributed by atoms with van der Waals surface area (Å²) in [6.07, 6.45) is 7.22. The molecule has 368 valence electrons. The highest BCUT2D eigenvalue weighted by atomic mass is 15.2. The van der Waals surface area contributed by atoms with E-state index in [-0.39, 0.29) is 12.0 Å². The zero-order valence-electron chi connectivity index (χ0n) is 42.8. The molecule has 0 radical (unpaired) electrons. The van der Waals surface area contributed by atoms with Gasteiger partial charge in [-0.2, -0.15) is 0 Å². The van der Waals surface area contributed by atoms with Crippen LogP contribution in [-0.2, 0) is 0 Å². The van der Waals surface area contributed by atoms with Crippen LogP contribution in [0.25, 0.3) is 65.7 Å². The molecule has 2 aliphatic rings. The Morgan fingerprint density at radius 3 is 1.49 bits per heavy atom. The van der Waals surface area contributed by atoms with Crippen LogP contribution in [0, 0.1) is 0 Å². The monoisotopic (exact) mass is 996 g/mol. The van der Waals surface area contributed by atoms with Gasteiger partial charge in [0, 0.05) is 67.3 Å². The van der Waals surface area contributed by atoms with Crippen LogP contribution in [0.4, 0.5) is 45.5 Å². The highest BCUT2D eigenvalue weighted by molar-refractivity contribution is 6.12. The standard InChI is InChI=1S/C74H52N4/c1-5-20-51(21-6-1)55-38-42-71-65(46-55)67-49-61(40-44-73(67)77(71)57-28-9-3-10-29-57)75(69-36-17-26-53-24-13-15-34-63(53)69)59-32-19-33-60(48-59)76(70-37-18-27-54-25-14-16-35-64(54)70)62-41-45-74-68(50-62)66-47-56(52-22-7-2-8-23-52)39-43-72(66)78(74)58-30-11-4-12-31-58/h1-50,65,71H. The third-order valence-corrected chi connectivity index (χ3v) is 16.0. The Morgan fingerprint density at radius 1 is 0.333 bits per heavy atom. The van der Waals surface area contributed by atoms with Crippen molar-refractivity contribution in [3.8, 4) is 16.8 Å². The normalized spacial score (nSPS) is 14.7. The first-order valence-electron chi connectivity index (χ1n) is 27.0. The molecule has 0 fully saturated rings. The molecule has 2 heterocycles. The van der Waals surface area contributed by atoms with E-state index >= 15 is 0 Å². The number of fused-ring (bicyclic) bond motifs is 8. The minimum absolute atomic E-state index is 0.120. The molecule has 0 amide bonds. The van der Waals surface area contributed by atoms with Crippen molar-refractivity contribution in [2.75, 3.05) is 14.7 Å². The molecule has 1 aliphatic carbocycles. The Labute approximate surface area is 454 Å². The first-order valence-corrected chi connectivity index (χ1v) is 27.0. The zero-order chi connectivity index (χ0) is 51.5. The number of hydrogen-bond acceptors (Lipinski definition) is 3. The molecular formula is C74H52N4. The smallest absolute Gasteiger partial charge is 0.0630 e. The summed E-state index contributed by atoms with van der Waals surface area (Å²) in [4.78, 5) is 7.48. The SMILES string of the molecule is C1=CC2C(C=C1c1ccccc1)c1cc(N(c3cccc(N(c4ccc5c(c4)c4cc(-c6ccccc6)ccc4n5-c4ccccc4)c4cccc5ccccc45)c3)c3cccc4ccccc34)ccc1N2c1ccccc1. The van der Waals surface area contributed by atoms with Gasteiger partial charge in [0.2, 0.25) is 0 Å². The second-order valence-corrected chi connectivity index (χ2v) is 20.5. The molecule has 13 aromatic rings. The topological polar surface area (TPSA) is 14.7 Å². The maximum Gasteiger partial charge on any atom is 0.0630 e. The average Bonchev–Trinajstić information content (AvgIpc) is 4.22. The van der Waals surface area contributed by atoms with Crippen molar-refractivity contribution >= 4 is 94.4 Å². The molecule has 12 aromatic carbocycles. The Bertz CT molecular complexity index is 4450. The van der Waals surface area contributed by atoms with Crippen LogP contribution in [0.1, 0.15) is 17.0 Å². The summed E-state index contributed by atoms with van der Waals surface area (Å²) in [6.45, 7) is 0. The van der Waals surface area contributed by atoms with Crippen LogP contribution in [0.15, 0.2) is 303 Å². The predicted molar refractivity (Wildman–Crippen MR) is 329 cm³/mol.